The van der Waals surface area contributed by atoms with Crippen LogP contribution in [0.3, 0.4) is 0 Å². The van der Waals surface area contributed by atoms with Crippen molar-refractivity contribution in [2.24, 2.45) is 5.92 Å². The highest BCUT2D eigenvalue weighted by Gasteiger charge is 2.37. The molecule has 0 bridgehead atoms. The average Bonchev–Trinajstić information content (AvgIpc) is 3.11. The quantitative estimate of drug-likeness (QED) is 0.805. The van der Waals surface area contributed by atoms with E-state index in [-0.39, 0.29) is 17.7 Å². The molecule has 152 valence electrons. The maximum Gasteiger partial charge on any atom is 0.228 e. The highest BCUT2D eigenvalue weighted by molar-refractivity contribution is 5.89. The Morgan fingerprint density at radius 3 is 2.41 bits per heavy atom. The molecular formula is C24H29N3O2. The average molecular weight is 392 g/mol. The fourth-order valence-electron chi connectivity index (χ4n) is 4.40. The van der Waals surface area contributed by atoms with E-state index in [2.05, 4.69) is 36.9 Å². The number of anilines is 1. The molecule has 0 aliphatic carbocycles. The normalized spacial score (nSPS) is 19.7. The minimum absolute atomic E-state index is 0.0845. The van der Waals surface area contributed by atoms with E-state index in [1.807, 2.05) is 40.1 Å². The van der Waals surface area contributed by atoms with Gasteiger partial charge in [0, 0.05) is 51.4 Å². The van der Waals surface area contributed by atoms with Gasteiger partial charge in [0.2, 0.25) is 11.8 Å². The molecule has 0 aromatic heterocycles. The van der Waals surface area contributed by atoms with Crippen LogP contribution in [0.1, 0.15) is 23.1 Å². The van der Waals surface area contributed by atoms with E-state index in [0.717, 1.165) is 31.7 Å². The number of amides is 2. The van der Waals surface area contributed by atoms with Crippen LogP contribution in [0.4, 0.5) is 5.69 Å². The van der Waals surface area contributed by atoms with Gasteiger partial charge in [0.25, 0.3) is 0 Å². The molecule has 0 N–H and O–H groups in total. The fourth-order valence-corrected chi connectivity index (χ4v) is 4.40. The maximum atomic E-state index is 13.0. The molecule has 0 radical (unpaired) electrons. The first-order valence-corrected chi connectivity index (χ1v) is 10.4. The Balaban J connectivity index is 1.34. The van der Waals surface area contributed by atoms with Gasteiger partial charge in [0.05, 0.1) is 5.92 Å². The summed E-state index contributed by atoms with van der Waals surface area (Å²) in [5.74, 6) is 0.00854. The summed E-state index contributed by atoms with van der Waals surface area (Å²) >= 11 is 0. The molecule has 1 atom stereocenters. The Hall–Kier alpha value is -2.82. The highest BCUT2D eigenvalue weighted by atomic mass is 16.2. The molecule has 2 aliphatic heterocycles. The Labute approximate surface area is 172 Å². The Morgan fingerprint density at radius 1 is 0.966 bits per heavy atom. The molecule has 0 saturated carbocycles. The van der Waals surface area contributed by atoms with Crippen LogP contribution in [0.5, 0.6) is 0 Å². The maximum absolute atomic E-state index is 13.0. The van der Waals surface area contributed by atoms with Crippen LogP contribution in [0, 0.1) is 19.8 Å². The first-order chi connectivity index (χ1) is 14.0. The van der Waals surface area contributed by atoms with Crippen molar-refractivity contribution < 1.29 is 9.59 Å². The van der Waals surface area contributed by atoms with E-state index in [1.54, 1.807) is 0 Å². The van der Waals surface area contributed by atoms with E-state index in [0.29, 0.717) is 19.5 Å². The number of hydrogen-bond acceptors (Lipinski definition) is 3. The minimum atomic E-state index is -0.210. The van der Waals surface area contributed by atoms with Gasteiger partial charge < -0.3 is 14.7 Å². The largest absolute Gasteiger partial charge is 0.368 e. The summed E-state index contributed by atoms with van der Waals surface area (Å²) in [6.45, 7) is 8.53. The van der Waals surface area contributed by atoms with Crippen molar-refractivity contribution in [1.82, 2.24) is 9.80 Å². The van der Waals surface area contributed by atoms with E-state index in [9.17, 15) is 9.59 Å². The van der Waals surface area contributed by atoms with Crippen molar-refractivity contribution in [3.05, 3.63) is 65.2 Å². The molecule has 5 heteroatoms. The molecule has 0 spiro atoms. The fraction of sp³-hybridized carbons (Fsp3) is 0.417. The molecule has 2 aliphatic rings. The van der Waals surface area contributed by atoms with Crippen molar-refractivity contribution in [2.75, 3.05) is 37.6 Å². The summed E-state index contributed by atoms with van der Waals surface area (Å²) < 4.78 is 0. The number of rotatable bonds is 4. The summed E-state index contributed by atoms with van der Waals surface area (Å²) in [5.41, 5.74) is 4.98. The second kappa shape index (κ2) is 8.27. The van der Waals surface area contributed by atoms with Crippen molar-refractivity contribution in [3.63, 3.8) is 0 Å². The lowest BCUT2D eigenvalue weighted by molar-refractivity contribution is -0.136. The first-order valence-electron chi connectivity index (χ1n) is 10.4. The van der Waals surface area contributed by atoms with Crippen molar-refractivity contribution in [3.8, 4) is 0 Å². The van der Waals surface area contributed by atoms with Crippen LogP contribution in [-0.4, -0.2) is 54.3 Å². The van der Waals surface area contributed by atoms with Gasteiger partial charge in [-0.2, -0.15) is 0 Å². The van der Waals surface area contributed by atoms with Crippen LogP contribution >= 0.6 is 0 Å². The molecule has 2 amide bonds. The number of carbonyl (C=O) groups excluding carboxylic acids is 2. The van der Waals surface area contributed by atoms with Crippen molar-refractivity contribution in [1.29, 1.82) is 0 Å². The summed E-state index contributed by atoms with van der Waals surface area (Å²) in [6, 6.07) is 16.4. The van der Waals surface area contributed by atoms with Gasteiger partial charge in [-0.25, -0.2) is 0 Å². The third-order valence-electron chi connectivity index (χ3n) is 6.29. The number of piperazine rings is 1. The number of aryl methyl sites for hydroxylation is 1. The molecule has 2 aromatic rings. The van der Waals surface area contributed by atoms with Gasteiger partial charge in [-0.05, 0) is 36.6 Å². The topological polar surface area (TPSA) is 43.9 Å². The van der Waals surface area contributed by atoms with E-state index in [1.165, 1.54) is 16.8 Å². The van der Waals surface area contributed by atoms with Gasteiger partial charge in [-0.3, -0.25) is 9.59 Å². The van der Waals surface area contributed by atoms with Crippen molar-refractivity contribution >= 4 is 17.5 Å². The molecule has 2 fully saturated rings. The summed E-state index contributed by atoms with van der Waals surface area (Å²) in [5, 5.41) is 0. The predicted octanol–water partition coefficient (Wildman–Crippen LogP) is 3.00. The van der Waals surface area contributed by atoms with Gasteiger partial charge in [0.15, 0.2) is 0 Å². The SMILES string of the molecule is Cc1cccc(N2CCN(C(=O)C3CC(=O)N(Cc4ccccc4)C3)CC2)c1C. The molecule has 1 unspecified atom stereocenters. The Kier molecular flexibility index (Phi) is 5.56. The molecule has 2 aromatic carbocycles. The monoisotopic (exact) mass is 391 g/mol. The predicted molar refractivity (Wildman–Crippen MR) is 115 cm³/mol. The highest BCUT2D eigenvalue weighted by Crippen LogP contribution is 2.26. The van der Waals surface area contributed by atoms with Crippen LogP contribution in [0.15, 0.2) is 48.5 Å². The molecule has 29 heavy (non-hydrogen) atoms. The van der Waals surface area contributed by atoms with Gasteiger partial charge in [0.1, 0.15) is 0 Å². The van der Waals surface area contributed by atoms with Crippen LogP contribution in [0.2, 0.25) is 0 Å². The molecule has 4 rings (SSSR count). The van der Waals surface area contributed by atoms with Gasteiger partial charge >= 0.3 is 0 Å². The zero-order chi connectivity index (χ0) is 20.4. The van der Waals surface area contributed by atoms with Gasteiger partial charge in [-0.15, -0.1) is 0 Å². The zero-order valence-corrected chi connectivity index (χ0v) is 17.3. The minimum Gasteiger partial charge on any atom is -0.368 e. The zero-order valence-electron chi connectivity index (χ0n) is 17.3. The summed E-state index contributed by atoms with van der Waals surface area (Å²) in [6.07, 6.45) is 0.336. The Bertz CT molecular complexity index is 888. The third-order valence-corrected chi connectivity index (χ3v) is 6.29. The lowest BCUT2D eigenvalue weighted by Gasteiger charge is -2.38. The van der Waals surface area contributed by atoms with E-state index >= 15 is 0 Å². The van der Waals surface area contributed by atoms with Crippen LogP contribution < -0.4 is 4.90 Å². The summed E-state index contributed by atoms with van der Waals surface area (Å²) in [7, 11) is 0. The number of nitrogens with zero attached hydrogens (tertiary/aromatic N) is 3. The first kappa shape index (κ1) is 19.5. The van der Waals surface area contributed by atoms with Crippen LogP contribution in [-0.2, 0) is 16.1 Å². The molecule has 5 nitrogen and oxygen atoms in total. The smallest absolute Gasteiger partial charge is 0.228 e. The Morgan fingerprint density at radius 2 is 1.69 bits per heavy atom. The number of hydrogen-bond donors (Lipinski definition) is 0. The van der Waals surface area contributed by atoms with E-state index in [4.69, 9.17) is 0 Å². The number of carbonyl (C=O) groups is 2. The van der Waals surface area contributed by atoms with Crippen LogP contribution in [0.25, 0.3) is 0 Å². The summed E-state index contributed by atoms with van der Waals surface area (Å²) in [4.78, 5) is 31.6. The molecule has 2 saturated heterocycles. The number of likely N-dealkylation sites (tertiary alicyclic amines) is 1. The second-order valence-corrected chi connectivity index (χ2v) is 8.19. The lowest BCUT2D eigenvalue weighted by Crippen LogP contribution is -2.50. The number of benzene rings is 2. The third kappa shape index (κ3) is 4.14. The van der Waals surface area contributed by atoms with Crippen molar-refractivity contribution in [2.45, 2.75) is 26.8 Å². The van der Waals surface area contributed by atoms with E-state index < -0.39 is 0 Å². The molecule has 2 heterocycles. The second-order valence-electron chi connectivity index (χ2n) is 8.19. The lowest BCUT2D eigenvalue weighted by atomic mass is 10.1. The standard InChI is InChI=1S/C24H29N3O2/c1-18-7-6-10-22(19(18)2)25-11-13-26(14-12-25)24(29)21-15-23(28)27(17-21)16-20-8-4-3-5-9-20/h3-10,21H,11-17H2,1-2H3. The van der Waals surface area contributed by atoms with Gasteiger partial charge in [-0.1, -0.05) is 42.5 Å². The molecular weight excluding hydrogens is 362 g/mol.